The van der Waals surface area contributed by atoms with E-state index in [-0.39, 0.29) is 34.5 Å². The Bertz CT molecular complexity index is 1250. The highest BCUT2D eigenvalue weighted by molar-refractivity contribution is 8.31. The summed E-state index contributed by atoms with van der Waals surface area (Å²) >= 11 is 0. The first kappa shape index (κ1) is 32.5. The highest BCUT2D eigenvalue weighted by atomic mass is 32.3. The van der Waals surface area contributed by atoms with Crippen LogP contribution in [-0.4, -0.2) is 39.2 Å². The van der Waals surface area contributed by atoms with Crippen molar-refractivity contribution in [3.05, 3.63) is 53.1 Å². The molecule has 0 atom stereocenters. The van der Waals surface area contributed by atoms with E-state index < -0.39 is 24.1 Å². The average molecular weight is 579 g/mol. The van der Waals surface area contributed by atoms with Crippen molar-refractivity contribution in [1.82, 2.24) is 0 Å². The molecule has 0 aliphatic carbocycles. The molecule has 10 heteroatoms. The maximum absolute atomic E-state index is 13.7. The maximum atomic E-state index is 13.7. The van der Waals surface area contributed by atoms with Crippen LogP contribution in [-0.2, 0) is 19.7 Å². The zero-order valence-corrected chi connectivity index (χ0v) is 25.2. The molecule has 2 rings (SSSR count). The van der Waals surface area contributed by atoms with Crippen LogP contribution in [0.5, 0.6) is 11.5 Å². The van der Waals surface area contributed by atoms with Gasteiger partial charge in [-0.1, -0.05) is 77.3 Å². The summed E-state index contributed by atoms with van der Waals surface area (Å²) in [6.07, 6.45) is 9.88. The number of hydrogen-bond donors (Lipinski definition) is 0. The summed E-state index contributed by atoms with van der Waals surface area (Å²) in [6, 6.07) is 9.01. The first-order valence-corrected chi connectivity index (χ1v) is 16.7. The van der Waals surface area contributed by atoms with Gasteiger partial charge in [-0.05, 0) is 62.1 Å². The van der Waals surface area contributed by atoms with Gasteiger partial charge < -0.3 is 15.0 Å². The fourth-order valence-electron chi connectivity index (χ4n) is 4.10. The molecule has 0 amide bonds. The number of aryl methyl sites for hydroxylation is 2. The lowest BCUT2D eigenvalue weighted by atomic mass is 10.2. The van der Waals surface area contributed by atoms with Gasteiger partial charge in [0, 0.05) is 0 Å². The second-order valence-electron chi connectivity index (χ2n) is 9.80. The maximum Gasteiger partial charge on any atom is 0.504 e. The first-order valence-electron chi connectivity index (χ1n) is 13.8. The Balaban J connectivity index is 2.38. The van der Waals surface area contributed by atoms with E-state index in [1.165, 1.54) is 24.3 Å². The molecule has 0 N–H and O–H groups in total. The Kier molecular flexibility index (Phi) is 13.2. The fourth-order valence-corrected chi connectivity index (χ4v) is 7.86. The van der Waals surface area contributed by atoms with Gasteiger partial charge in [-0.3, -0.25) is 0 Å². The molecule has 0 radical (unpaired) electrons. The Labute approximate surface area is 234 Å². The second-order valence-corrected chi connectivity index (χ2v) is 13.7. The summed E-state index contributed by atoms with van der Waals surface area (Å²) < 4.78 is 65.0. The lowest BCUT2D eigenvalue weighted by Gasteiger charge is -2.13. The van der Waals surface area contributed by atoms with Crippen molar-refractivity contribution in [1.29, 1.82) is 0 Å². The van der Waals surface area contributed by atoms with Crippen molar-refractivity contribution in [2.45, 2.75) is 102 Å². The van der Waals surface area contributed by atoms with Crippen LogP contribution in [0.25, 0.3) is 5.53 Å². The smallest absolute Gasteiger partial charge is 0.492 e. The van der Waals surface area contributed by atoms with Gasteiger partial charge in [-0.25, -0.2) is 16.8 Å². The van der Waals surface area contributed by atoms with E-state index in [2.05, 4.69) is 18.6 Å². The van der Waals surface area contributed by atoms with Crippen LogP contribution in [0.15, 0.2) is 46.2 Å². The van der Waals surface area contributed by atoms with Gasteiger partial charge in [-0.15, -0.1) is 4.79 Å². The number of sulfone groups is 2. The van der Waals surface area contributed by atoms with Crippen LogP contribution in [0.4, 0.5) is 0 Å². The first-order chi connectivity index (χ1) is 18.6. The number of hydrogen-bond acceptors (Lipinski definition) is 6. The average Bonchev–Trinajstić information content (AvgIpc) is 2.89. The van der Waals surface area contributed by atoms with Crippen LogP contribution in [0.3, 0.4) is 0 Å². The summed E-state index contributed by atoms with van der Waals surface area (Å²) in [4.78, 5) is 2.09. The van der Waals surface area contributed by atoms with Crippen molar-refractivity contribution in [2.75, 3.05) is 13.2 Å². The van der Waals surface area contributed by atoms with Crippen molar-refractivity contribution in [3.8, 4) is 11.5 Å². The van der Waals surface area contributed by atoms with Crippen molar-refractivity contribution >= 4 is 24.1 Å². The monoisotopic (exact) mass is 578 g/mol. The summed E-state index contributed by atoms with van der Waals surface area (Å²) in [6.45, 7) is 8.17. The standard InChI is InChI=1S/C29H42N2O6S2/c1-5-7-9-11-13-19-36-25-17-15-23(3)21-27(25)38(32,33)29(31-30)39(34,35)28-22-24(4)16-18-26(28)37-20-14-12-10-8-6-2/h15-18,21-22H,5-14,19-20H2,1-4H3. The van der Waals surface area contributed by atoms with Gasteiger partial charge in [-0.2, -0.15) is 0 Å². The summed E-state index contributed by atoms with van der Waals surface area (Å²) in [5.74, 6) is 0.0282. The Morgan fingerprint density at radius 2 is 1.05 bits per heavy atom. The van der Waals surface area contributed by atoms with Gasteiger partial charge in [0.1, 0.15) is 21.3 Å². The number of unbranched alkanes of at least 4 members (excludes halogenated alkanes) is 8. The van der Waals surface area contributed by atoms with Crippen LogP contribution in [0.2, 0.25) is 0 Å². The quantitative estimate of drug-likeness (QED) is 0.0707. The predicted molar refractivity (Wildman–Crippen MR) is 154 cm³/mol. The molecular formula is C29H42N2O6S2. The summed E-state index contributed by atoms with van der Waals surface area (Å²) in [5.41, 5.74) is 11.0. The van der Waals surface area contributed by atoms with Crippen LogP contribution in [0.1, 0.15) is 89.2 Å². The van der Waals surface area contributed by atoms with Crippen LogP contribution >= 0.6 is 0 Å². The lowest BCUT2D eigenvalue weighted by molar-refractivity contribution is 0.00377. The zero-order chi connectivity index (χ0) is 28.9. The van der Waals surface area contributed by atoms with E-state index in [0.717, 1.165) is 64.2 Å². The highest BCUT2D eigenvalue weighted by Gasteiger charge is 2.46. The van der Waals surface area contributed by atoms with Crippen molar-refractivity contribution < 1.29 is 31.1 Å². The molecule has 0 bridgehead atoms. The molecule has 2 aromatic carbocycles. The highest BCUT2D eigenvalue weighted by Crippen LogP contribution is 2.33. The van der Waals surface area contributed by atoms with Gasteiger partial charge in [0.25, 0.3) is 19.7 Å². The van der Waals surface area contributed by atoms with E-state index in [0.29, 0.717) is 11.1 Å². The third-order valence-corrected chi connectivity index (χ3v) is 10.5. The molecule has 0 fully saturated rings. The summed E-state index contributed by atoms with van der Waals surface area (Å²) in [5, 5.41) is 0. The number of rotatable bonds is 16. The molecule has 39 heavy (non-hydrogen) atoms. The molecule has 0 spiro atoms. The van der Waals surface area contributed by atoms with E-state index in [9.17, 15) is 22.4 Å². The molecule has 0 saturated heterocycles. The molecule has 0 aliphatic rings. The Morgan fingerprint density at radius 1 is 0.667 bits per heavy atom. The number of nitrogens with zero attached hydrogens (tertiary/aromatic N) is 2. The molecule has 0 saturated carbocycles. The van der Waals surface area contributed by atoms with Crippen LogP contribution in [0, 0.1) is 13.8 Å². The third kappa shape index (κ3) is 9.19. The second kappa shape index (κ2) is 15.8. The lowest BCUT2D eigenvalue weighted by Crippen LogP contribution is -2.27. The molecule has 0 unspecified atom stereocenters. The fraction of sp³-hybridized carbons (Fsp3) is 0.552. The minimum atomic E-state index is -4.80. The molecule has 0 aliphatic heterocycles. The largest absolute Gasteiger partial charge is 0.504 e. The molecule has 2 aromatic rings. The molecule has 8 nitrogen and oxygen atoms in total. The number of benzene rings is 2. The van der Waals surface area contributed by atoms with Crippen LogP contribution < -0.4 is 9.47 Å². The van der Waals surface area contributed by atoms with E-state index in [1.807, 2.05) is 0 Å². The third-order valence-electron chi connectivity index (χ3n) is 6.33. The predicted octanol–water partition coefficient (Wildman–Crippen LogP) is 6.84. The molecular weight excluding hydrogens is 536 g/mol. The minimum Gasteiger partial charge on any atom is -0.492 e. The normalized spacial score (nSPS) is 11.7. The molecule has 0 aromatic heterocycles. The number of ether oxygens (including phenoxy) is 2. The zero-order valence-electron chi connectivity index (χ0n) is 23.6. The Hall–Kier alpha value is -2.68. The topological polar surface area (TPSA) is 123 Å². The minimum absolute atomic E-state index is 0.0141. The van der Waals surface area contributed by atoms with Gasteiger partial charge >= 0.3 is 4.38 Å². The Morgan fingerprint density at radius 3 is 1.41 bits per heavy atom. The van der Waals surface area contributed by atoms with Gasteiger partial charge in [0.15, 0.2) is 0 Å². The SMILES string of the molecule is CCCCCCCOc1ccc(C)cc1S(=O)(=O)C(=[N+]=[N-])S(=O)(=O)c1cc(C)ccc1OCCCCCCC. The van der Waals surface area contributed by atoms with E-state index >= 15 is 0 Å². The molecule has 216 valence electrons. The van der Waals surface area contributed by atoms with Gasteiger partial charge in [0.05, 0.1) is 13.2 Å². The van der Waals surface area contributed by atoms with E-state index in [1.54, 1.807) is 26.0 Å². The molecule has 0 heterocycles. The summed E-state index contributed by atoms with van der Waals surface area (Å²) in [7, 11) is -9.59. The van der Waals surface area contributed by atoms with Crippen molar-refractivity contribution in [2.24, 2.45) is 0 Å². The van der Waals surface area contributed by atoms with E-state index in [4.69, 9.17) is 9.47 Å². The van der Waals surface area contributed by atoms with Gasteiger partial charge in [0.2, 0.25) is 0 Å². The van der Waals surface area contributed by atoms with Crippen molar-refractivity contribution in [3.63, 3.8) is 0 Å².